The summed E-state index contributed by atoms with van der Waals surface area (Å²) in [6.45, 7) is 12.7. The Kier molecular flexibility index (Phi) is 23.9. The third-order valence-corrected chi connectivity index (χ3v) is 15.9. The number of ketones is 3. The molecule has 2 bridgehead atoms. The zero-order chi connectivity index (χ0) is 54.4. The van der Waals surface area contributed by atoms with E-state index in [4.69, 9.17) is 28.4 Å². The number of amides is 1. The number of ether oxygens (including phenoxy) is 6. The van der Waals surface area contributed by atoms with Crippen molar-refractivity contribution < 1.29 is 77.6 Å². The summed E-state index contributed by atoms with van der Waals surface area (Å²) < 4.78 is 35.4. The highest BCUT2D eigenvalue weighted by Crippen LogP contribution is 2.38. The molecule has 3 heterocycles. The lowest BCUT2D eigenvalue weighted by molar-refractivity contribution is -0.265. The number of carbonyl (C=O) groups excluding carboxylic acids is 6. The Hall–Kier alpha value is -3.94. The van der Waals surface area contributed by atoms with E-state index in [0.717, 1.165) is 10.5 Å². The highest BCUT2D eigenvalue weighted by molar-refractivity contribution is 6.39. The Labute approximate surface area is 433 Å². The van der Waals surface area contributed by atoms with Gasteiger partial charge in [-0.05, 0) is 114 Å². The smallest absolute Gasteiger partial charge is 0.329 e. The molecular formula is C56H87NO16. The maximum Gasteiger partial charge on any atom is 0.329 e. The molecule has 1 aliphatic carbocycles. The summed E-state index contributed by atoms with van der Waals surface area (Å²) in [5, 5.41) is 43.1. The number of cyclic esters (lactones) is 1. The molecule has 2 saturated heterocycles. The number of esters is 2. The van der Waals surface area contributed by atoms with E-state index >= 15 is 0 Å². The minimum atomic E-state index is -2.47. The van der Waals surface area contributed by atoms with Gasteiger partial charge in [-0.3, -0.25) is 24.0 Å². The molecule has 15 atom stereocenters. The van der Waals surface area contributed by atoms with Gasteiger partial charge in [0.2, 0.25) is 5.79 Å². The topological polar surface area (TPSA) is 242 Å². The van der Waals surface area contributed by atoms with Crippen molar-refractivity contribution in [2.75, 3.05) is 41.1 Å². The number of hydrogen-bond acceptors (Lipinski definition) is 16. The molecule has 73 heavy (non-hydrogen) atoms. The summed E-state index contributed by atoms with van der Waals surface area (Å²) in [6, 6.07) is -1.20. The number of piperidine rings is 1. The molecular weight excluding hydrogens is 943 g/mol. The van der Waals surface area contributed by atoms with E-state index in [1.54, 1.807) is 40.9 Å². The first-order valence-electron chi connectivity index (χ1n) is 26.4. The van der Waals surface area contributed by atoms with Crippen molar-refractivity contribution in [3.63, 3.8) is 0 Å². The van der Waals surface area contributed by atoms with Crippen LogP contribution in [-0.2, 0) is 57.2 Å². The first-order valence-corrected chi connectivity index (χ1v) is 26.4. The van der Waals surface area contributed by atoms with Crippen molar-refractivity contribution >= 4 is 35.2 Å². The number of rotatable bonds is 10. The van der Waals surface area contributed by atoms with E-state index in [0.29, 0.717) is 69.8 Å². The lowest BCUT2D eigenvalue weighted by atomic mass is 9.78. The molecule has 0 aromatic carbocycles. The fourth-order valence-electron chi connectivity index (χ4n) is 10.7. The van der Waals surface area contributed by atoms with Gasteiger partial charge in [-0.15, -0.1) is 0 Å². The van der Waals surface area contributed by atoms with E-state index < -0.39 is 120 Å². The van der Waals surface area contributed by atoms with Gasteiger partial charge >= 0.3 is 11.9 Å². The predicted octanol–water partition coefficient (Wildman–Crippen LogP) is 5.72. The first kappa shape index (κ1) is 61.6. The first-order chi connectivity index (χ1) is 34.5. The van der Waals surface area contributed by atoms with Gasteiger partial charge in [0.15, 0.2) is 5.78 Å². The third kappa shape index (κ3) is 16.0. The zero-order valence-corrected chi connectivity index (χ0v) is 45.3. The van der Waals surface area contributed by atoms with Crippen LogP contribution in [0.4, 0.5) is 0 Å². The van der Waals surface area contributed by atoms with Gasteiger partial charge in [0.25, 0.3) is 11.7 Å². The van der Waals surface area contributed by atoms with E-state index in [-0.39, 0.29) is 42.8 Å². The average Bonchev–Trinajstić information content (AvgIpc) is 3.37. The predicted molar refractivity (Wildman–Crippen MR) is 271 cm³/mol. The average molecular weight is 1030 g/mol. The van der Waals surface area contributed by atoms with Crippen molar-refractivity contribution in [3.8, 4) is 0 Å². The van der Waals surface area contributed by atoms with Gasteiger partial charge < -0.3 is 53.7 Å². The Morgan fingerprint density at radius 3 is 2.21 bits per heavy atom. The van der Waals surface area contributed by atoms with Gasteiger partial charge in [0.1, 0.15) is 41.7 Å². The molecule has 0 aromatic rings. The Morgan fingerprint density at radius 1 is 0.863 bits per heavy atom. The fraction of sp³-hybridized carbons (Fsp3) is 0.750. The second-order valence-corrected chi connectivity index (χ2v) is 21.8. The van der Waals surface area contributed by atoms with Crippen LogP contribution < -0.4 is 0 Å². The number of fused-ring (bicyclic) bond motifs is 3. The quantitative estimate of drug-likeness (QED) is 0.116. The molecule has 1 amide bonds. The summed E-state index contributed by atoms with van der Waals surface area (Å²) in [5.74, 6) is -9.36. The van der Waals surface area contributed by atoms with Crippen molar-refractivity contribution in [2.24, 2.45) is 40.9 Å². The molecule has 412 valence electrons. The molecule has 3 aliphatic heterocycles. The van der Waals surface area contributed by atoms with Crippen LogP contribution in [-0.4, -0.2) is 156 Å². The highest BCUT2D eigenvalue weighted by atomic mass is 16.6. The largest absolute Gasteiger partial charge is 0.460 e. The fourth-order valence-corrected chi connectivity index (χ4v) is 10.7. The van der Waals surface area contributed by atoms with Crippen LogP contribution >= 0.6 is 0 Å². The lowest BCUT2D eigenvalue weighted by Gasteiger charge is -2.42. The SMILES string of the molecule is CO[C@H]1C[C@@H]2CC[C@@H](C)[C@@](O)(O2)C(=O)C(=O)N2CCCC[C@H]2C(=O)O[C@H]([C@H](C)C[C@@H]2CC[C@@H](OC(=O)C(C)(CO)CO)[C@H](OC)C2)CC(=O)[C@H](C)C=C(C)[C@@H](O)[C@@H](OC)C(=O)[C@H](C)C[C@H](C)/C=C\C=CC=C1C. The number of allylic oxidation sites excluding steroid dienone is 6. The summed E-state index contributed by atoms with van der Waals surface area (Å²) in [4.78, 5) is 85.4. The molecule has 4 aliphatic rings. The number of aliphatic hydroxyl groups excluding tert-OH is 3. The lowest BCUT2D eigenvalue weighted by Crippen LogP contribution is -2.61. The van der Waals surface area contributed by atoms with Crippen LogP contribution in [0.1, 0.15) is 132 Å². The molecule has 4 rings (SSSR count). The van der Waals surface area contributed by atoms with Gasteiger partial charge in [0.05, 0.1) is 31.5 Å². The molecule has 0 radical (unpaired) electrons. The number of aliphatic hydroxyl groups is 4. The minimum Gasteiger partial charge on any atom is -0.460 e. The number of Topliss-reactive ketones (excluding diaryl/α,β-unsaturated/α-hetero) is 3. The van der Waals surface area contributed by atoms with Gasteiger partial charge in [-0.25, -0.2) is 4.79 Å². The summed E-state index contributed by atoms with van der Waals surface area (Å²) in [6.07, 6.45) is 9.76. The monoisotopic (exact) mass is 1030 g/mol. The summed E-state index contributed by atoms with van der Waals surface area (Å²) in [7, 11) is 4.43. The second-order valence-electron chi connectivity index (χ2n) is 21.8. The van der Waals surface area contributed by atoms with E-state index in [1.807, 2.05) is 51.2 Å². The standard InChI is InChI=1S/C56H87NO16/c1-33-17-13-12-14-18-34(2)45(68-9)29-41-22-20-39(7)56(67,73-41)51(63)52(64)57-24-16-15-19-42(57)53(65)71-46(30-43(60)35(3)26-38(6)49(62)50(70-11)48(61)37(5)25-33)36(4)27-40-21-23-44(47(28-40)69-10)72-54(66)55(8,31-58)32-59/h12-14,17-18,26,33,35-37,39-42,44-47,49-50,58-59,62,67H,15-16,19-25,27-32H2,1-11H3/b14-12?,17-13-,34-18?,38-26?/t33-,35-,36-,37-,39-,40+,41+,42+,44-,45+,46+,47-,49-,50+,56-/m1/s1. The van der Waals surface area contributed by atoms with Crippen molar-refractivity contribution in [1.29, 1.82) is 0 Å². The van der Waals surface area contributed by atoms with E-state index in [1.165, 1.54) is 21.1 Å². The van der Waals surface area contributed by atoms with Crippen LogP contribution in [0, 0.1) is 40.9 Å². The molecule has 17 heteroatoms. The van der Waals surface area contributed by atoms with Crippen LogP contribution in [0.3, 0.4) is 0 Å². The summed E-state index contributed by atoms with van der Waals surface area (Å²) >= 11 is 0. The molecule has 0 aromatic heterocycles. The van der Waals surface area contributed by atoms with E-state index in [2.05, 4.69) is 0 Å². The molecule has 17 nitrogen and oxygen atoms in total. The third-order valence-electron chi connectivity index (χ3n) is 15.9. The Morgan fingerprint density at radius 2 is 1.56 bits per heavy atom. The number of nitrogens with zero attached hydrogens (tertiary/aromatic N) is 1. The van der Waals surface area contributed by atoms with Crippen molar-refractivity contribution in [2.45, 2.75) is 187 Å². The molecule has 1 saturated carbocycles. The molecule has 4 N–H and O–H groups in total. The maximum atomic E-state index is 14.5. The van der Waals surface area contributed by atoms with Gasteiger partial charge in [0, 0.05) is 58.5 Å². The molecule has 0 unspecified atom stereocenters. The highest BCUT2D eigenvalue weighted by Gasteiger charge is 2.53. The normalized spacial score (nSPS) is 35.6. The van der Waals surface area contributed by atoms with Crippen molar-refractivity contribution in [1.82, 2.24) is 4.90 Å². The Bertz CT molecular complexity index is 2010. The van der Waals surface area contributed by atoms with E-state index in [9.17, 15) is 49.2 Å². The number of carbonyl (C=O) groups is 6. The molecule has 0 spiro atoms. The van der Waals surface area contributed by atoms with Crippen LogP contribution in [0.25, 0.3) is 0 Å². The minimum absolute atomic E-state index is 0.00697. The number of methoxy groups -OCH3 is 3. The van der Waals surface area contributed by atoms with Crippen LogP contribution in [0.2, 0.25) is 0 Å². The van der Waals surface area contributed by atoms with Crippen LogP contribution in [0.15, 0.2) is 47.6 Å². The summed E-state index contributed by atoms with van der Waals surface area (Å²) in [5.41, 5.74) is -0.277. The second kappa shape index (κ2) is 28.3. The van der Waals surface area contributed by atoms with Gasteiger partial charge in [-0.1, -0.05) is 71.1 Å². The number of hydrogen-bond donors (Lipinski definition) is 4. The molecule has 3 fully saturated rings. The zero-order valence-electron chi connectivity index (χ0n) is 45.3. The van der Waals surface area contributed by atoms with Crippen molar-refractivity contribution in [3.05, 3.63) is 47.6 Å². The van der Waals surface area contributed by atoms with Crippen LogP contribution in [0.5, 0.6) is 0 Å². The Balaban J connectivity index is 1.69. The maximum absolute atomic E-state index is 14.5. The van der Waals surface area contributed by atoms with Gasteiger partial charge in [-0.2, -0.15) is 0 Å².